The monoisotopic (exact) mass is 277 g/mol. The molecular weight excluding hydrogens is 257 g/mol. The summed E-state index contributed by atoms with van der Waals surface area (Å²) in [5, 5.41) is 7.57. The molecule has 1 heterocycles. The minimum Gasteiger partial charge on any atom is -0.493 e. The first-order valence-electron chi connectivity index (χ1n) is 6.71. The fraction of sp³-hybridized carbons (Fsp3) is 0.400. The molecule has 0 spiro atoms. The fourth-order valence-corrected chi connectivity index (χ4v) is 2.37. The highest BCUT2D eigenvalue weighted by Gasteiger charge is 2.20. The molecule has 1 unspecified atom stereocenters. The van der Waals surface area contributed by atoms with Gasteiger partial charge in [0.1, 0.15) is 5.82 Å². The van der Waals surface area contributed by atoms with Gasteiger partial charge in [-0.25, -0.2) is 4.39 Å². The number of methoxy groups -OCH3 is 1. The van der Waals surface area contributed by atoms with Crippen LogP contribution in [0.2, 0.25) is 0 Å². The Kier molecular flexibility index (Phi) is 4.74. The van der Waals surface area contributed by atoms with Gasteiger partial charge >= 0.3 is 0 Å². The van der Waals surface area contributed by atoms with Crippen molar-refractivity contribution in [3.05, 3.63) is 47.5 Å². The van der Waals surface area contributed by atoms with E-state index in [1.807, 2.05) is 24.7 Å². The van der Waals surface area contributed by atoms with Gasteiger partial charge in [-0.1, -0.05) is 12.1 Å². The molecular formula is C15H20FN3O. The number of hydrogen-bond acceptors (Lipinski definition) is 3. The molecule has 0 fully saturated rings. The molecule has 4 nitrogen and oxygen atoms in total. The number of aryl methyl sites for hydroxylation is 1. The maximum absolute atomic E-state index is 13.3. The van der Waals surface area contributed by atoms with Gasteiger partial charge in [0.25, 0.3) is 0 Å². The Morgan fingerprint density at radius 3 is 2.85 bits per heavy atom. The van der Waals surface area contributed by atoms with E-state index in [-0.39, 0.29) is 11.9 Å². The first kappa shape index (κ1) is 14.5. The van der Waals surface area contributed by atoms with Gasteiger partial charge in [0.2, 0.25) is 0 Å². The van der Waals surface area contributed by atoms with Crippen molar-refractivity contribution in [2.45, 2.75) is 25.9 Å². The normalized spacial score (nSPS) is 12.4. The van der Waals surface area contributed by atoms with Crippen molar-refractivity contribution in [1.82, 2.24) is 15.1 Å². The average molecular weight is 277 g/mol. The summed E-state index contributed by atoms with van der Waals surface area (Å²) in [6, 6.07) is 6.69. The second kappa shape index (κ2) is 6.52. The molecule has 5 heteroatoms. The largest absolute Gasteiger partial charge is 0.493 e. The number of halogens is 1. The van der Waals surface area contributed by atoms with Crippen LogP contribution < -0.4 is 10.1 Å². The standard InChI is InChI=1S/C15H20FN3O/c1-4-19-15(14(20-3)10-18-19)13(17-2)9-11-6-5-7-12(16)8-11/h5-8,10,13,17H,4,9H2,1-3H3. The summed E-state index contributed by atoms with van der Waals surface area (Å²) in [5.41, 5.74) is 1.93. The lowest BCUT2D eigenvalue weighted by atomic mass is 10.0. The molecule has 0 aliphatic heterocycles. The highest BCUT2D eigenvalue weighted by molar-refractivity contribution is 5.30. The SMILES string of the molecule is CCn1ncc(OC)c1C(Cc1cccc(F)c1)NC. The molecule has 1 aromatic carbocycles. The van der Waals surface area contributed by atoms with E-state index in [4.69, 9.17) is 4.74 Å². The molecule has 2 aromatic rings. The second-order valence-corrected chi connectivity index (χ2v) is 4.59. The molecule has 0 aliphatic carbocycles. The number of rotatable bonds is 6. The van der Waals surface area contributed by atoms with Gasteiger partial charge in [-0.05, 0) is 38.1 Å². The lowest BCUT2D eigenvalue weighted by molar-refractivity contribution is 0.394. The third-order valence-electron chi connectivity index (χ3n) is 3.37. The lowest BCUT2D eigenvalue weighted by Crippen LogP contribution is -2.23. The summed E-state index contributed by atoms with van der Waals surface area (Å²) >= 11 is 0. The predicted octanol–water partition coefficient (Wildman–Crippen LogP) is 2.55. The summed E-state index contributed by atoms with van der Waals surface area (Å²) in [4.78, 5) is 0. The van der Waals surface area contributed by atoms with Crippen LogP contribution in [0.25, 0.3) is 0 Å². The van der Waals surface area contributed by atoms with E-state index >= 15 is 0 Å². The summed E-state index contributed by atoms with van der Waals surface area (Å²) in [5.74, 6) is 0.538. The molecule has 0 radical (unpaired) electrons. The Labute approximate surface area is 118 Å². The van der Waals surface area contributed by atoms with E-state index in [9.17, 15) is 4.39 Å². The summed E-state index contributed by atoms with van der Waals surface area (Å²) in [7, 11) is 3.52. The van der Waals surface area contributed by atoms with E-state index in [2.05, 4.69) is 10.4 Å². The Morgan fingerprint density at radius 2 is 2.25 bits per heavy atom. The van der Waals surface area contributed by atoms with E-state index < -0.39 is 0 Å². The third-order valence-corrected chi connectivity index (χ3v) is 3.37. The molecule has 0 aliphatic rings. The lowest BCUT2D eigenvalue weighted by Gasteiger charge is -2.19. The number of ether oxygens (including phenoxy) is 1. The number of likely N-dealkylation sites (N-methyl/N-ethyl adjacent to an activating group) is 1. The topological polar surface area (TPSA) is 39.1 Å². The van der Waals surface area contributed by atoms with Crippen molar-refractivity contribution in [3.63, 3.8) is 0 Å². The summed E-state index contributed by atoms with van der Waals surface area (Å²) in [6.45, 7) is 2.80. The molecule has 1 aromatic heterocycles. The Hall–Kier alpha value is -1.88. The highest BCUT2D eigenvalue weighted by Crippen LogP contribution is 2.27. The van der Waals surface area contributed by atoms with Crippen LogP contribution in [-0.4, -0.2) is 23.9 Å². The number of hydrogen-bond donors (Lipinski definition) is 1. The first-order chi connectivity index (χ1) is 9.69. The van der Waals surface area contributed by atoms with Gasteiger partial charge in [0.05, 0.1) is 25.0 Å². The molecule has 0 saturated carbocycles. The summed E-state index contributed by atoms with van der Waals surface area (Å²) < 4.78 is 20.6. The molecule has 1 atom stereocenters. The predicted molar refractivity (Wildman–Crippen MR) is 76.4 cm³/mol. The molecule has 20 heavy (non-hydrogen) atoms. The number of aromatic nitrogens is 2. The van der Waals surface area contributed by atoms with Gasteiger partial charge < -0.3 is 10.1 Å². The highest BCUT2D eigenvalue weighted by atomic mass is 19.1. The van der Waals surface area contributed by atoms with Crippen LogP contribution in [0.3, 0.4) is 0 Å². The van der Waals surface area contributed by atoms with Crippen molar-refractivity contribution in [3.8, 4) is 5.75 Å². The molecule has 0 amide bonds. The van der Waals surface area contributed by atoms with Gasteiger partial charge in [0.15, 0.2) is 5.75 Å². The van der Waals surface area contributed by atoms with Crippen molar-refractivity contribution in [1.29, 1.82) is 0 Å². The second-order valence-electron chi connectivity index (χ2n) is 4.59. The van der Waals surface area contributed by atoms with Gasteiger partial charge in [-0.3, -0.25) is 4.68 Å². The van der Waals surface area contributed by atoms with Crippen molar-refractivity contribution in [2.75, 3.05) is 14.2 Å². The molecule has 0 bridgehead atoms. The van der Waals surface area contributed by atoms with Crippen molar-refractivity contribution < 1.29 is 9.13 Å². The average Bonchev–Trinajstić information content (AvgIpc) is 2.87. The van der Waals surface area contributed by atoms with Crippen LogP contribution in [0.5, 0.6) is 5.75 Å². The van der Waals surface area contributed by atoms with Crippen LogP contribution in [0, 0.1) is 5.82 Å². The minimum absolute atomic E-state index is 0.0224. The number of benzene rings is 1. The maximum Gasteiger partial charge on any atom is 0.161 e. The maximum atomic E-state index is 13.3. The van der Waals surface area contributed by atoms with Crippen molar-refractivity contribution >= 4 is 0 Å². The van der Waals surface area contributed by atoms with E-state index in [0.717, 1.165) is 23.6 Å². The Balaban J connectivity index is 2.30. The number of nitrogens with zero attached hydrogens (tertiary/aromatic N) is 2. The molecule has 1 N–H and O–H groups in total. The van der Waals surface area contributed by atoms with Crippen LogP contribution in [0.4, 0.5) is 4.39 Å². The Bertz CT molecular complexity index is 546. The quantitative estimate of drug-likeness (QED) is 0.882. The fourth-order valence-electron chi connectivity index (χ4n) is 2.37. The van der Waals surface area contributed by atoms with Gasteiger partial charge in [0, 0.05) is 6.54 Å². The van der Waals surface area contributed by atoms with E-state index in [1.165, 1.54) is 6.07 Å². The zero-order valence-electron chi connectivity index (χ0n) is 12.1. The molecule has 2 rings (SSSR count). The molecule has 0 saturated heterocycles. The zero-order valence-corrected chi connectivity index (χ0v) is 12.1. The van der Waals surface area contributed by atoms with E-state index in [1.54, 1.807) is 25.4 Å². The number of nitrogens with one attached hydrogen (secondary N) is 1. The van der Waals surface area contributed by atoms with Gasteiger partial charge in [-0.2, -0.15) is 5.10 Å². The van der Waals surface area contributed by atoms with Crippen LogP contribution in [0.1, 0.15) is 24.2 Å². The van der Waals surface area contributed by atoms with Crippen LogP contribution in [-0.2, 0) is 13.0 Å². The Morgan fingerprint density at radius 1 is 1.45 bits per heavy atom. The van der Waals surface area contributed by atoms with Crippen LogP contribution >= 0.6 is 0 Å². The zero-order chi connectivity index (χ0) is 14.5. The van der Waals surface area contributed by atoms with Crippen molar-refractivity contribution in [2.24, 2.45) is 0 Å². The van der Waals surface area contributed by atoms with Gasteiger partial charge in [-0.15, -0.1) is 0 Å². The smallest absolute Gasteiger partial charge is 0.161 e. The molecule has 108 valence electrons. The first-order valence-corrected chi connectivity index (χ1v) is 6.71. The summed E-state index contributed by atoms with van der Waals surface area (Å²) in [6.07, 6.45) is 2.39. The van der Waals surface area contributed by atoms with Crippen LogP contribution in [0.15, 0.2) is 30.5 Å². The van der Waals surface area contributed by atoms with E-state index in [0.29, 0.717) is 6.42 Å². The third kappa shape index (κ3) is 2.99. The minimum atomic E-state index is -0.215.